The van der Waals surface area contributed by atoms with Crippen LogP contribution in [0.1, 0.15) is 12.6 Å². The van der Waals surface area contributed by atoms with E-state index in [0.717, 1.165) is 0 Å². The summed E-state index contributed by atoms with van der Waals surface area (Å²) in [5.74, 6) is 0.0944. The van der Waals surface area contributed by atoms with E-state index in [9.17, 15) is 14.5 Å². The standard InChI is InChI=1S/C9H13N3O6P/c10-7-1-2-12(9(14)11-7)8-3-5(13)6(18-8)4-17-19(15)16/h1-2,5-6,8,13H,3-4H2,(H,15,16)(H2,10,11,14)/t5-,6+,8+/m0/s1. The maximum absolute atomic E-state index is 11.6. The summed E-state index contributed by atoms with van der Waals surface area (Å²) in [6, 6.07) is 1.44. The van der Waals surface area contributed by atoms with Crippen molar-refractivity contribution < 1.29 is 23.8 Å². The van der Waals surface area contributed by atoms with Gasteiger partial charge in [0.05, 0.1) is 12.7 Å². The van der Waals surface area contributed by atoms with Gasteiger partial charge in [-0.1, -0.05) is 0 Å². The average molecular weight is 290 g/mol. The number of rotatable bonds is 4. The highest BCUT2D eigenvalue weighted by Crippen LogP contribution is 2.29. The maximum Gasteiger partial charge on any atom is 0.366 e. The van der Waals surface area contributed by atoms with E-state index in [0.29, 0.717) is 0 Å². The van der Waals surface area contributed by atoms with Gasteiger partial charge < -0.3 is 15.6 Å². The molecule has 2 rings (SSSR count). The second-order valence-corrected chi connectivity index (χ2v) is 4.74. The Morgan fingerprint density at radius 2 is 2.42 bits per heavy atom. The first kappa shape index (κ1) is 14.0. The lowest BCUT2D eigenvalue weighted by molar-refractivity contribution is -0.0412. The molecule has 1 aliphatic heterocycles. The van der Waals surface area contributed by atoms with Crippen molar-refractivity contribution in [1.82, 2.24) is 9.55 Å². The zero-order valence-corrected chi connectivity index (χ0v) is 10.6. The monoisotopic (exact) mass is 290 g/mol. The largest absolute Gasteiger partial charge is 0.390 e. The highest BCUT2D eigenvalue weighted by molar-refractivity contribution is 7.32. The molecule has 1 aromatic rings. The van der Waals surface area contributed by atoms with E-state index in [1.807, 2.05) is 0 Å². The zero-order valence-electron chi connectivity index (χ0n) is 9.75. The summed E-state index contributed by atoms with van der Waals surface area (Å²) in [6.45, 7) is -0.236. The molecule has 0 saturated carbocycles. The Morgan fingerprint density at radius 3 is 3.05 bits per heavy atom. The molecule has 1 unspecified atom stereocenters. The number of nitrogens with two attached hydrogens (primary N) is 1. The van der Waals surface area contributed by atoms with E-state index in [2.05, 4.69) is 9.51 Å². The van der Waals surface area contributed by atoms with E-state index >= 15 is 0 Å². The fourth-order valence-electron chi connectivity index (χ4n) is 1.82. The molecule has 1 saturated heterocycles. The van der Waals surface area contributed by atoms with E-state index < -0.39 is 32.4 Å². The number of aliphatic hydroxyl groups is 1. The Hall–Kier alpha value is -1.38. The molecule has 0 amide bonds. The van der Waals surface area contributed by atoms with E-state index in [1.165, 1.54) is 16.8 Å². The summed E-state index contributed by atoms with van der Waals surface area (Å²) in [5, 5.41) is 9.74. The molecule has 1 aliphatic rings. The quantitative estimate of drug-likeness (QED) is 0.609. The van der Waals surface area contributed by atoms with Gasteiger partial charge in [0.1, 0.15) is 18.1 Å². The SMILES string of the molecule is Nc1ccn([C@H]2C[C@H](O)[C@@H](CO[P](=O)O)O2)c(=O)n1. The molecule has 2 heterocycles. The first-order valence-electron chi connectivity index (χ1n) is 5.44. The fraction of sp³-hybridized carbons (Fsp3) is 0.556. The van der Waals surface area contributed by atoms with Crippen molar-refractivity contribution in [2.24, 2.45) is 0 Å². The van der Waals surface area contributed by atoms with Crippen molar-refractivity contribution in [1.29, 1.82) is 0 Å². The van der Waals surface area contributed by atoms with Crippen LogP contribution in [0, 0.1) is 0 Å². The van der Waals surface area contributed by atoms with Crippen molar-refractivity contribution in [3.8, 4) is 0 Å². The Bertz CT molecular complexity index is 535. The minimum absolute atomic E-state index is 0.0944. The lowest BCUT2D eigenvalue weighted by Crippen LogP contribution is -2.28. The van der Waals surface area contributed by atoms with E-state index in [4.69, 9.17) is 15.4 Å². The van der Waals surface area contributed by atoms with Crippen LogP contribution in [-0.4, -0.2) is 38.4 Å². The predicted molar refractivity (Wildman–Crippen MR) is 63.2 cm³/mol. The zero-order chi connectivity index (χ0) is 14.0. The van der Waals surface area contributed by atoms with Gasteiger partial charge in [0.25, 0.3) is 0 Å². The molecule has 0 aliphatic carbocycles. The molecule has 0 aromatic carbocycles. The lowest BCUT2D eigenvalue weighted by Gasteiger charge is -2.15. The molecule has 0 bridgehead atoms. The van der Waals surface area contributed by atoms with Crippen LogP contribution < -0.4 is 11.4 Å². The summed E-state index contributed by atoms with van der Waals surface area (Å²) in [6.07, 6.45) is -0.815. The second kappa shape index (κ2) is 5.72. The molecule has 1 aromatic heterocycles. The molecule has 9 nitrogen and oxygen atoms in total. The third-order valence-corrected chi connectivity index (χ3v) is 3.09. The van der Waals surface area contributed by atoms with Crippen molar-refractivity contribution in [3.05, 3.63) is 22.7 Å². The van der Waals surface area contributed by atoms with Gasteiger partial charge in [0, 0.05) is 12.6 Å². The second-order valence-electron chi connectivity index (χ2n) is 4.01. The minimum atomic E-state index is -2.75. The summed E-state index contributed by atoms with van der Waals surface area (Å²) in [5.41, 5.74) is 4.78. The highest BCUT2D eigenvalue weighted by Gasteiger charge is 2.36. The van der Waals surface area contributed by atoms with Crippen LogP contribution in [0.15, 0.2) is 17.1 Å². The Balaban J connectivity index is 2.07. The third-order valence-electron chi connectivity index (χ3n) is 2.72. The first-order valence-corrected chi connectivity index (χ1v) is 6.57. The molecule has 10 heteroatoms. The minimum Gasteiger partial charge on any atom is -0.390 e. The molecule has 1 fully saturated rings. The van der Waals surface area contributed by atoms with Crippen molar-refractivity contribution >= 4 is 14.1 Å². The first-order chi connectivity index (χ1) is 8.97. The lowest BCUT2D eigenvalue weighted by atomic mass is 10.2. The molecule has 105 valence electrons. The average Bonchev–Trinajstić information content (AvgIpc) is 2.67. The van der Waals surface area contributed by atoms with Gasteiger partial charge in [-0.15, -0.1) is 0 Å². The Kier molecular flexibility index (Phi) is 4.23. The maximum atomic E-state index is 11.6. The van der Waals surface area contributed by atoms with Crippen molar-refractivity contribution in [2.75, 3.05) is 12.3 Å². The van der Waals surface area contributed by atoms with Crippen molar-refractivity contribution in [3.63, 3.8) is 0 Å². The number of aliphatic hydroxyl groups excluding tert-OH is 1. The Morgan fingerprint density at radius 1 is 1.68 bits per heavy atom. The van der Waals surface area contributed by atoms with Gasteiger partial charge in [-0.3, -0.25) is 14.0 Å². The molecular weight excluding hydrogens is 277 g/mol. The number of aromatic nitrogens is 2. The number of hydrogen-bond donors (Lipinski definition) is 3. The van der Waals surface area contributed by atoms with Gasteiger partial charge in [0.2, 0.25) is 0 Å². The fourth-order valence-corrected chi connectivity index (χ4v) is 2.09. The summed E-state index contributed by atoms with van der Waals surface area (Å²) < 4.78 is 21.5. The summed E-state index contributed by atoms with van der Waals surface area (Å²) in [4.78, 5) is 23.7. The van der Waals surface area contributed by atoms with Gasteiger partial charge in [-0.05, 0) is 6.07 Å². The van der Waals surface area contributed by atoms with Gasteiger partial charge in [-0.2, -0.15) is 4.98 Å². The van der Waals surface area contributed by atoms with Crippen LogP contribution in [-0.2, 0) is 13.8 Å². The summed E-state index contributed by atoms with van der Waals surface area (Å²) >= 11 is 0. The number of nitrogens with zero attached hydrogens (tertiary/aromatic N) is 2. The molecule has 1 radical (unpaired) electrons. The van der Waals surface area contributed by atoms with Crippen LogP contribution in [0.4, 0.5) is 5.82 Å². The van der Waals surface area contributed by atoms with Gasteiger partial charge in [0.15, 0.2) is 0 Å². The number of ether oxygens (including phenoxy) is 1. The number of nitrogen functional groups attached to an aromatic ring is 1. The van der Waals surface area contributed by atoms with Crippen molar-refractivity contribution in [2.45, 2.75) is 24.9 Å². The molecule has 0 spiro atoms. The normalized spacial score (nSPS) is 27.5. The number of anilines is 1. The van der Waals surface area contributed by atoms with Crippen LogP contribution in [0.5, 0.6) is 0 Å². The topological polar surface area (TPSA) is 137 Å². The molecular formula is C9H13N3O6P. The Labute approximate surface area is 108 Å². The van der Waals surface area contributed by atoms with E-state index in [1.54, 1.807) is 0 Å². The van der Waals surface area contributed by atoms with Crippen LogP contribution in [0.2, 0.25) is 0 Å². The highest BCUT2D eigenvalue weighted by atomic mass is 31.1. The third kappa shape index (κ3) is 3.34. The van der Waals surface area contributed by atoms with Gasteiger partial charge >= 0.3 is 13.9 Å². The molecule has 4 N–H and O–H groups in total. The summed E-state index contributed by atoms with van der Waals surface area (Å²) in [7, 11) is -2.75. The predicted octanol–water partition coefficient (Wildman–Crippen LogP) is -0.860. The van der Waals surface area contributed by atoms with E-state index in [-0.39, 0.29) is 18.8 Å². The smallest absolute Gasteiger partial charge is 0.366 e. The molecule has 19 heavy (non-hydrogen) atoms. The number of hydrogen-bond acceptors (Lipinski definition) is 7. The van der Waals surface area contributed by atoms with Crippen LogP contribution in [0.25, 0.3) is 0 Å². The van der Waals surface area contributed by atoms with Gasteiger partial charge in [-0.25, -0.2) is 9.36 Å². The molecule has 4 atom stereocenters. The van der Waals surface area contributed by atoms with Crippen LogP contribution in [0.3, 0.4) is 0 Å². The van der Waals surface area contributed by atoms with Crippen LogP contribution >= 0.6 is 8.25 Å².